The molecule has 20 heavy (non-hydrogen) atoms. The number of benzene rings is 1. The number of hydrogen-bond donors (Lipinski definition) is 2. The fraction of sp³-hybridized carbons (Fsp3) is 0.562. The molecule has 4 heteroatoms. The number of carbonyl (C=O) groups is 1. The van der Waals surface area contributed by atoms with E-state index in [1.807, 2.05) is 6.07 Å². The molecule has 1 amide bonds. The van der Waals surface area contributed by atoms with Gasteiger partial charge in [0, 0.05) is 12.1 Å². The summed E-state index contributed by atoms with van der Waals surface area (Å²) in [5, 5.41) is 6.66. The molecule has 3 unspecified atom stereocenters. The molecule has 108 valence electrons. The highest BCUT2D eigenvalue weighted by Crippen LogP contribution is 2.36. The predicted molar refractivity (Wildman–Crippen MR) is 84.0 cm³/mol. The second kappa shape index (κ2) is 6.19. The number of fused-ring (bicyclic) bond motifs is 1. The minimum absolute atomic E-state index is 0.0333. The summed E-state index contributed by atoms with van der Waals surface area (Å²) in [4.78, 5) is 12.6. The monoisotopic (exact) mass is 290 g/mol. The first-order valence-corrected chi connectivity index (χ1v) is 8.54. The van der Waals surface area contributed by atoms with E-state index >= 15 is 0 Å². The van der Waals surface area contributed by atoms with Crippen LogP contribution in [0.4, 0.5) is 0 Å². The van der Waals surface area contributed by atoms with Gasteiger partial charge in [-0.15, -0.1) is 11.8 Å². The summed E-state index contributed by atoms with van der Waals surface area (Å²) in [6.45, 7) is 3.22. The van der Waals surface area contributed by atoms with Crippen LogP contribution in [0, 0.1) is 0 Å². The first kappa shape index (κ1) is 14.0. The fourth-order valence-corrected chi connectivity index (χ4v) is 4.31. The third kappa shape index (κ3) is 2.86. The van der Waals surface area contributed by atoms with E-state index in [0.717, 1.165) is 31.6 Å². The van der Waals surface area contributed by atoms with Gasteiger partial charge in [0.25, 0.3) is 0 Å². The van der Waals surface area contributed by atoms with Crippen molar-refractivity contribution in [1.82, 2.24) is 10.6 Å². The standard InChI is InChI=1S/C16H22N2OS/c1-11-14(7-4-9-17-11)18-16(19)15-13-6-3-2-5-12(13)8-10-20-15/h2-3,5-6,11,14-15,17H,4,7-10H2,1H3,(H,18,19). The molecule has 2 aliphatic rings. The molecule has 0 aliphatic carbocycles. The molecule has 0 aromatic heterocycles. The largest absolute Gasteiger partial charge is 0.351 e. The molecule has 2 N–H and O–H groups in total. The van der Waals surface area contributed by atoms with E-state index in [0.29, 0.717) is 6.04 Å². The molecule has 2 aliphatic heterocycles. The van der Waals surface area contributed by atoms with Crippen LogP contribution in [0.1, 0.15) is 36.1 Å². The van der Waals surface area contributed by atoms with Gasteiger partial charge < -0.3 is 10.6 Å². The lowest BCUT2D eigenvalue weighted by atomic mass is 9.98. The molecule has 0 saturated carbocycles. The van der Waals surface area contributed by atoms with Gasteiger partial charge in [0.1, 0.15) is 5.25 Å². The quantitative estimate of drug-likeness (QED) is 0.878. The van der Waals surface area contributed by atoms with Crippen molar-refractivity contribution in [3.8, 4) is 0 Å². The van der Waals surface area contributed by atoms with Crippen molar-refractivity contribution < 1.29 is 4.79 Å². The molecule has 1 saturated heterocycles. The average molecular weight is 290 g/mol. The number of hydrogen-bond acceptors (Lipinski definition) is 3. The first-order valence-electron chi connectivity index (χ1n) is 7.49. The Labute approximate surface area is 124 Å². The molecular weight excluding hydrogens is 268 g/mol. The highest BCUT2D eigenvalue weighted by Gasteiger charge is 2.30. The van der Waals surface area contributed by atoms with Crippen LogP contribution in [0.15, 0.2) is 24.3 Å². The van der Waals surface area contributed by atoms with Gasteiger partial charge in [-0.25, -0.2) is 0 Å². The van der Waals surface area contributed by atoms with E-state index in [1.165, 1.54) is 11.1 Å². The van der Waals surface area contributed by atoms with Gasteiger partial charge in [0.15, 0.2) is 0 Å². The second-order valence-electron chi connectivity index (χ2n) is 5.70. The Kier molecular flexibility index (Phi) is 4.32. The van der Waals surface area contributed by atoms with Crippen LogP contribution in [0.2, 0.25) is 0 Å². The average Bonchev–Trinajstić information content (AvgIpc) is 2.49. The molecule has 0 radical (unpaired) electrons. The van der Waals surface area contributed by atoms with Crippen LogP contribution < -0.4 is 10.6 Å². The first-order chi connectivity index (χ1) is 9.75. The summed E-state index contributed by atoms with van der Waals surface area (Å²) >= 11 is 1.77. The predicted octanol–water partition coefficient (Wildman–Crippen LogP) is 2.27. The molecule has 3 atom stereocenters. The van der Waals surface area contributed by atoms with Crippen molar-refractivity contribution in [2.24, 2.45) is 0 Å². The van der Waals surface area contributed by atoms with Crippen LogP contribution in [-0.2, 0) is 11.2 Å². The molecule has 1 fully saturated rings. The third-order valence-corrected chi connectivity index (χ3v) is 5.56. The zero-order valence-corrected chi connectivity index (χ0v) is 12.7. The molecule has 3 rings (SSSR count). The summed E-state index contributed by atoms with van der Waals surface area (Å²) in [6, 6.07) is 9.00. The lowest BCUT2D eigenvalue weighted by Gasteiger charge is -2.33. The number of amides is 1. The summed E-state index contributed by atoms with van der Waals surface area (Å²) in [7, 11) is 0. The van der Waals surface area contributed by atoms with Gasteiger partial charge in [-0.1, -0.05) is 24.3 Å². The van der Waals surface area contributed by atoms with Crippen molar-refractivity contribution in [2.45, 2.75) is 43.5 Å². The van der Waals surface area contributed by atoms with Crippen molar-refractivity contribution in [1.29, 1.82) is 0 Å². The smallest absolute Gasteiger partial charge is 0.237 e. The third-order valence-electron chi connectivity index (χ3n) is 4.32. The van der Waals surface area contributed by atoms with Gasteiger partial charge in [0.2, 0.25) is 5.91 Å². The van der Waals surface area contributed by atoms with Crippen LogP contribution in [0.3, 0.4) is 0 Å². The number of nitrogens with one attached hydrogen (secondary N) is 2. The number of aryl methyl sites for hydroxylation is 1. The Hall–Kier alpha value is -1.00. The van der Waals surface area contributed by atoms with E-state index < -0.39 is 0 Å². The lowest BCUT2D eigenvalue weighted by molar-refractivity contribution is -0.121. The maximum absolute atomic E-state index is 12.6. The normalized spacial score (nSPS) is 29.6. The molecular formula is C16H22N2OS. The number of carbonyl (C=O) groups excluding carboxylic acids is 1. The Morgan fingerprint density at radius 3 is 3.10 bits per heavy atom. The minimum Gasteiger partial charge on any atom is -0.351 e. The van der Waals surface area contributed by atoms with E-state index in [-0.39, 0.29) is 17.2 Å². The van der Waals surface area contributed by atoms with E-state index in [1.54, 1.807) is 11.8 Å². The summed E-state index contributed by atoms with van der Waals surface area (Å²) in [6.07, 6.45) is 3.30. The van der Waals surface area contributed by atoms with Crippen molar-refractivity contribution >= 4 is 17.7 Å². The summed E-state index contributed by atoms with van der Waals surface area (Å²) < 4.78 is 0. The molecule has 2 heterocycles. The minimum atomic E-state index is -0.0333. The lowest BCUT2D eigenvalue weighted by Crippen LogP contribution is -2.52. The maximum Gasteiger partial charge on any atom is 0.237 e. The van der Waals surface area contributed by atoms with Gasteiger partial charge in [-0.05, 0) is 49.6 Å². The Balaban J connectivity index is 1.72. The van der Waals surface area contributed by atoms with Crippen molar-refractivity contribution in [2.75, 3.05) is 12.3 Å². The maximum atomic E-state index is 12.6. The topological polar surface area (TPSA) is 41.1 Å². The highest BCUT2D eigenvalue weighted by molar-refractivity contribution is 8.00. The number of thioether (sulfide) groups is 1. The van der Waals surface area contributed by atoms with E-state index in [4.69, 9.17) is 0 Å². The number of rotatable bonds is 2. The molecule has 0 spiro atoms. The van der Waals surface area contributed by atoms with Gasteiger partial charge in [-0.2, -0.15) is 0 Å². The Bertz CT molecular complexity index is 491. The summed E-state index contributed by atoms with van der Waals surface area (Å²) in [5.41, 5.74) is 2.54. The number of piperidine rings is 1. The van der Waals surface area contributed by atoms with Crippen LogP contribution in [0.25, 0.3) is 0 Å². The van der Waals surface area contributed by atoms with Crippen molar-refractivity contribution in [3.05, 3.63) is 35.4 Å². The molecule has 1 aromatic carbocycles. The summed E-state index contributed by atoms with van der Waals surface area (Å²) in [5.74, 6) is 1.22. The Morgan fingerprint density at radius 1 is 1.40 bits per heavy atom. The highest BCUT2D eigenvalue weighted by atomic mass is 32.2. The zero-order valence-electron chi connectivity index (χ0n) is 11.9. The van der Waals surface area contributed by atoms with Crippen LogP contribution in [0.5, 0.6) is 0 Å². The zero-order chi connectivity index (χ0) is 13.9. The molecule has 0 bridgehead atoms. The second-order valence-corrected chi connectivity index (χ2v) is 6.91. The fourth-order valence-electron chi connectivity index (χ4n) is 3.11. The molecule has 3 nitrogen and oxygen atoms in total. The van der Waals surface area contributed by atoms with Crippen molar-refractivity contribution in [3.63, 3.8) is 0 Å². The Morgan fingerprint density at radius 2 is 2.25 bits per heavy atom. The van der Waals surface area contributed by atoms with Gasteiger partial charge in [0.05, 0.1) is 0 Å². The van der Waals surface area contributed by atoms with Gasteiger partial charge >= 0.3 is 0 Å². The SMILES string of the molecule is CC1NCCCC1NC(=O)C1SCCc2ccccc21. The van der Waals surface area contributed by atoms with E-state index in [9.17, 15) is 4.79 Å². The van der Waals surface area contributed by atoms with Crippen LogP contribution in [-0.4, -0.2) is 30.3 Å². The van der Waals surface area contributed by atoms with Crippen LogP contribution >= 0.6 is 11.8 Å². The van der Waals surface area contributed by atoms with E-state index in [2.05, 4.69) is 35.8 Å². The van der Waals surface area contributed by atoms with Gasteiger partial charge in [-0.3, -0.25) is 4.79 Å². The molecule has 1 aromatic rings.